The number of hydrogen-bond acceptors (Lipinski definition) is 3. The van der Waals surface area contributed by atoms with Gasteiger partial charge in [-0.2, -0.15) is 0 Å². The summed E-state index contributed by atoms with van der Waals surface area (Å²) in [5, 5.41) is 0. The van der Waals surface area contributed by atoms with Crippen LogP contribution in [0.25, 0.3) is 0 Å². The van der Waals surface area contributed by atoms with Gasteiger partial charge in [-0.25, -0.2) is 4.98 Å². The van der Waals surface area contributed by atoms with Crippen LogP contribution in [0.4, 0.5) is 0 Å². The van der Waals surface area contributed by atoms with Crippen molar-refractivity contribution in [2.45, 2.75) is 30.4 Å². The predicted molar refractivity (Wildman–Crippen MR) is 87.1 cm³/mol. The van der Waals surface area contributed by atoms with E-state index in [-0.39, 0.29) is 0 Å². The topological polar surface area (TPSA) is 28.7 Å². The average molecular weight is 355 g/mol. The van der Waals surface area contributed by atoms with Crippen molar-refractivity contribution in [3.05, 3.63) is 51.0 Å². The number of aromatic nitrogens is 2. The second-order valence-electron chi connectivity index (χ2n) is 4.18. The molecule has 0 aliphatic heterocycles. The molecule has 100 valence electrons. The highest BCUT2D eigenvalue weighted by Crippen LogP contribution is 2.23. The van der Waals surface area contributed by atoms with E-state index in [9.17, 15) is 0 Å². The first-order chi connectivity index (χ1) is 9.17. The van der Waals surface area contributed by atoms with Crippen LogP contribution in [0.3, 0.4) is 0 Å². The summed E-state index contributed by atoms with van der Waals surface area (Å²) < 4.78 is 1.77. The minimum Gasteiger partial charge on any atom is -0.346 e. The van der Waals surface area contributed by atoms with Gasteiger partial charge in [0.1, 0.15) is 10.5 Å². The van der Waals surface area contributed by atoms with Gasteiger partial charge < -0.3 is 4.98 Å². The molecule has 0 aliphatic carbocycles. The number of nitrogens with one attached hydrogen (secondary N) is 1. The van der Waals surface area contributed by atoms with Gasteiger partial charge in [-0.15, -0.1) is 11.8 Å². The average Bonchev–Trinajstić information content (AvgIpc) is 2.38. The lowest BCUT2D eigenvalue weighted by molar-refractivity contribution is 0.850. The van der Waals surface area contributed by atoms with Gasteiger partial charge in [0.15, 0.2) is 0 Å². The Morgan fingerprint density at radius 1 is 1.32 bits per heavy atom. The van der Waals surface area contributed by atoms with Crippen LogP contribution >= 0.6 is 39.9 Å². The third-order valence-corrected chi connectivity index (χ3v) is 4.32. The molecule has 2 rings (SSSR count). The third kappa shape index (κ3) is 4.75. The number of aryl methyl sites for hydroxylation is 1. The first-order valence-electron chi connectivity index (χ1n) is 6.15. The van der Waals surface area contributed by atoms with Crippen molar-refractivity contribution in [1.82, 2.24) is 9.97 Å². The Morgan fingerprint density at radius 3 is 2.74 bits per heavy atom. The number of rotatable bonds is 5. The van der Waals surface area contributed by atoms with Crippen LogP contribution in [-0.2, 0) is 12.2 Å². The highest BCUT2D eigenvalue weighted by molar-refractivity contribution is 9.10. The minimum atomic E-state index is 0.675. The van der Waals surface area contributed by atoms with E-state index in [2.05, 4.69) is 45.0 Å². The molecule has 1 aromatic heterocycles. The summed E-state index contributed by atoms with van der Waals surface area (Å²) >= 11 is 10.4. The van der Waals surface area contributed by atoms with Crippen molar-refractivity contribution < 1.29 is 0 Å². The first kappa shape index (κ1) is 14.8. The number of thioether (sulfide) groups is 1. The van der Waals surface area contributed by atoms with E-state index < -0.39 is 0 Å². The Bertz CT molecular complexity index is 593. The van der Waals surface area contributed by atoms with Crippen molar-refractivity contribution in [3.8, 4) is 0 Å². The molecule has 0 spiro atoms. The predicted octanol–water partition coefficient (Wildman–Crippen LogP) is 5.15. The number of hydrogen-bond donors (Lipinski definition) is 1. The zero-order chi connectivity index (χ0) is 13.7. The summed E-state index contributed by atoms with van der Waals surface area (Å²) in [7, 11) is 0. The fourth-order valence-electron chi connectivity index (χ4n) is 1.72. The van der Waals surface area contributed by atoms with Crippen molar-refractivity contribution >= 4 is 39.9 Å². The van der Waals surface area contributed by atoms with Crippen LogP contribution in [0.15, 0.2) is 39.7 Å². The van der Waals surface area contributed by atoms with Crippen LogP contribution in [0.1, 0.15) is 24.9 Å². The quantitative estimate of drug-likeness (QED) is 0.594. The molecule has 0 amide bonds. The normalized spacial score (nSPS) is 10.6. The van der Waals surface area contributed by atoms with Crippen molar-refractivity contribution in [2.75, 3.05) is 0 Å². The monoisotopic (exact) mass is 354 g/mol. The van der Waals surface area contributed by atoms with Gasteiger partial charge in [0.2, 0.25) is 0 Å². The van der Waals surface area contributed by atoms with E-state index in [0.717, 1.165) is 28.9 Å². The maximum Gasteiger partial charge on any atom is 0.130 e. The van der Waals surface area contributed by atoms with E-state index in [1.165, 1.54) is 10.6 Å². The lowest BCUT2D eigenvalue weighted by Crippen LogP contribution is -1.98. The molecule has 1 N–H and O–H groups in total. The van der Waals surface area contributed by atoms with Crippen LogP contribution in [0.2, 0.25) is 0 Å². The molecule has 1 aromatic carbocycles. The Balaban J connectivity index is 2.06. The maximum atomic E-state index is 5.20. The summed E-state index contributed by atoms with van der Waals surface area (Å²) in [6.45, 7) is 2.16. The number of aromatic amines is 1. The lowest BCUT2D eigenvalue weighted by Gasteiger charge is -2.05. The summed E-state index contributed by atoms with van der Waals surface area (Å²) in [5.41, 5.74) is 1.17. The number of benzene rings is 1. The molecule has 1 heterocycles. The van der Waals surface area contributed by atoms with Gasteiger partial charge >= 0.3 is 0 Å². The molecule has 0 radical (unpaired) electrons. The molecule has 0 bridgehead atoms. The molecule has 5 heteroatoms. The minimum absolute atomic E-state index is 0.675. The Kier molecular flexibility index (Phi) is 5.60. The maximum absolute atomic E-state index is 5.20. The van der Waals surface area contributed by atoms with Crippen molar-refractivity contribution in [3.63, 3.8) is 0 Å². The van der Waals surface area contributed by atoms with Gasteiger partial charge in [0.05, 0.1) is 5.75 Å². The summed E-state index contributed by atoms with van der Waals surface area (Å²) in [5.74, 6) is 1.76. The van der Waals surface area contributed by atoms with Crippen LogP contribution < -0.4 is 0 Å². The molecule has 0 aliphatic rings. The smallest absolute Gasteiger partial charge is 0.130 e. The Labute approximate surface area is 131 Å². The SMILES string of the molecule is CCCc1cc(=S)nc(CSc2ccc(Br)cc2)[nH]1. The lowest BCUT2D eigenvalue weighted by atomic mass is 10.2. The highest BCUT2D eigenvalue weighted by Gasteiger charge is 2.01. The van der Waals surface area contributed by atoms with Crippen molar-refractivity contribution in [1.29, 1.82) is 0 Å². The summed E-state index contributed by atoms with van der Waals surface area (Å²) in [6.07, 6.45) is 2.12. The van der Waals surface area contributed by atoms with E-state index in [1.54, 1.807) is 11.8 Å². The van der Waals surface area contributed by atoms with Gasteiger partial charge in [-0.05, 0) is 36.8 Å². The molecular weight excluding hydrogens is 340 g/mol. The van der Waals surface area contributed by atoms with Gasteiger partial charge in [0.25, 0.3) is 0 Å². The van der Waals surface area contributed by atoms with Gasteiger partial charge in [-0.3, -0.25) is 0 Å². The number of nitrogens with zero attached hydrogens (tertiary/aromatic N) is 1. The molecule has 0 unspecified atom stereocenters. The molecular formula is C14H15BrN2S2. The van der Waals surface area contributed by atoms with Crippen LogP contribution in [-0.4, -0.2) is 9.97 Å². The zero-order valence-electron chi connectivity index (χ0n) is 10.6. The second-order valence-corrected chi connectivity index (χ2v) is 6.57. The van der Waals surface area contributed by atoms with E-state index in [0.29, 0.717) is 4.64 Å². The Morgan fingerprint density at radius 2 is 2.05 bits per heavy atom. The molecule has 0 saturated carbocycles. The van der Waals surface area contributed by atoms with Crippen molar-refractivity contribution in [2.24, 2.45) is 0 Å². The van der Waals surface area contributed by atoms with Gasteiger partial charge in [-0.1, -0.05) is 41.5 Å². The van der Waals surface area contributed by atoms with E-state index >= 15 is 0 Å². The second kappa shape index (κ2) is 7.22. The van der Waals surface area contributed by atoms with Gasteiger partial charge in [0, 0.05) is 15.1 Å². The molecule has 19 heavy (non-hydrogen) atoms. The number of halogens is 1. The highest BCUT2D eigenvalue weighted by atomic mass is 79.9. The molecule has 0 saturated heterocycles. The first-order valence-corrected chi connectivity index (χ1v) is 8.33. The largest absolute Gasteiger partial charge is 0.346 e. The fraction of sp³-hybridized carbons (Fsp3) is 0.286. The van der Waals surface area contributed by atoms with Crippen LogP contribution in [0, 0.1) is 4.64 Å². The molecule has 0 atom stereocenters. The van der Waals surface area contributed by atoms with Crippen LogP contribution in [0.5, 0.6) is 0 Å². The van der Waals surface area contributed by atoms with E-state index in [4.69, 9.17) is 12.2 Å². The third-order valence-electron chi connectivity index (χ3n) is 2.56. The summed E-state index contributed by atoms with van der Waals surface area (Å²) in [4.78, 5) is 8.96. The molecule has 0 fully saturated rings. The Hall–Kier alpha value is -0.650. The zero-order valence-corrected chi connectivity index (χ0v) is 13.9. The van der Waals surface area contributed by atoms with E-state index in [1.807, 2.05) is 18.2 Å². The standard InChI is InChI=1S/C14H15BrN2S2/c1-2-3-11-8-14(18)17-13(16-11)9-19-12-6-4-10(15)5-7-12/h4-8H,2-3,9H2,1H3,(H,16,17,18). The number of H-pyrrole nitrogens is 1. The fourth-order valence-corrected chi connectivity index (χ4v) is 3.00. The summed E-state index contributed by atoms with van der Waals surface area (Å²) in [6, 6.07) is 10.2. The molecule has 2 nitrogen and oxygen atoms in total. The molecule has 2 aromatic rings.